The SMILES string of the molecule is COc1cc(CNCCS(=O)(=O)c2ccccc2)cc2c1OCO2. The highest BCUT2D eigenvalue weighted by molar-refractivity contribution is 7.91. The summed E-state index contributed by atoms with van der Waals surface area (Å²) in [7, 11) is -1.70. The van der Waals surface area contributed by atoms with Crippen molar-refractivity contribution in [2.75, 3.05) is 26.2 Å². The summed E-state index contributed by atoms with van der Waals surface area (Å²) >= 11 is 0. The van der Waals surface area contributed by atoms with Crippen molar-refractivity contribution < 1.29 is 22.6 Å². The third-order valence-electron chi connectivity index (χ3n) is 3.70. The van der Waals surface area contributed by atoms with Crippen LogP contribution < -0.4 is 19.5 Å². The predicted molar refractivity (Wildman–Crippen MR) is 89.3 cm³/mol. The molecule has 24 heavy (non-hydrogen) atoms. The van der Waals surface area contributed by atoms with Crippen molar-refractivity contribution in [2.45, 2.75) is 11.4 Å². The van der Waals surface area contributed by atoms with Gasteiger partial charge in [-0.2, -0.15) is 0 Å². The Balaban J connectivity index is 1.58. The highest BCUT2D eigenvalue weighted by Gasteiger charge is 2.20. The van der Waals surface area contributed by atoms with Gasteiger partial charge in [0.05, 0.1) is 17.8 Å². The van der Waals surface area contributed by atoms with Gasteiger partial charge in [-0.1, -0.05) is 18.2 Å². The van der Waals surface area contributed by atoms with Crippen molar-refractivity contribution in [3.8, 4) is 17.2 Å². The van der Waals surface area contributed by atoms with Crippen LogP contribution in [0.15, 0.2) is 47.4 Å². The maximum Gasteiger partial charge on any atom is 0.231 e. The Morgan fingerprint density at radius 2 is 1.96 bits per heavy atom. The predicted octanol–water partition coefficient (Wildman–Crippen LogP) is 1.99. The van der Waals surface area contributed by atoms with Crippen molar-refractivity contribution in [3.05, 3.63) is 48.0 Å². The summed E-state index contributed by atoms with van der Waals surface area (Å²) in [4.78, 5) is 0.344. The minimum Gasteiger partial charge on any atom is -0.493 e. The molecule has 1 heterocycles. The zero-order valence-electron chi connectivity index (χ0n) is 13.3. The van der Waals surface area contributed by atoms with Gasteiger partial charge >= 0.3 is 0 Å². The topological polar surface area (TPSA) is 73.9 Å². The van der Waals surface area contributed by atoms with Crippen LogP contribution in [-0.4, -0.2) is 34.6 Å². The van der Waals surface area contributed by atoms with Gasteiger partial charge in [0.2, 0.25) is 12.5 Å². The standard InChI is InChI=1S/C17H19NO5S/c1-21-15-9-13(10-16-17(15)23-12-22-16)11-18-7-8-24(19,20)14-5-3-2-4-6-14/h2-6,9-10,18H,7-8,11-12H2,1H3. The quantitative estimate of drug-likeness (QED) is 0.771. The van der Waals surface area contributed by atoms with E-state index in [2.05, 4.69) is 5.32 Å². The lowest BCUT2D eigenvalue weighted by molar-refractivity contribution is 0.171. The van der Waals surface area contributed by atoms with Crippen LogP contribution in [0.25, 0.3) is 0 Å². The highest BCUT2D eigenvalue weighted by atomic mass is 32.2. The molecule has 7 heteroatoms. The Bertz CT molecular complexity index is 805. The molecule has 0 atom stereocenters. The smallest absolute Gasteiger partial charge is 0.231 e. The number of hydrogen-bond donors (Lipinski definition) is 1. The molecule has 0 bridgehead atoms. The number of benzene rings is 2. The molecule has 0 aliphatic carbocycles. The maximum atomic E-state index is 12.2. The van der Waals surface area contributed by atoms with E-state index in [1.165, 1.54) is 0 Å². The van der Waals surface area contributed by atoms with Gasteiger partial charge < -0.3 is 19.5 Å². The highest BCUT2D eigenvalue weighted by Crippen LogP contribution is 2.41. The van der Waals surface area contributed by atoms with Crippen molar-refractivity contribution in [1.82, 2.24) is 5.32 Å². The molecule has 128 valence electrons. The lowest BCUT2D eigenvalue weighted by Gasteiger charge is -2.10. The normalized spacial score (nSPS) is 13.0. The van der Waals surface area contributed by atoms with E-state index in [0.717, 1.165) is 5.56 Å². The first kappa shape index (κ1) is 16.6. The molecule has 1 aliphatic heterocycles. The Labute approximate surface area is 141 Å². The van der Waals surface area contributed by atoms with E-state index in [1.54, 1.807) is 37.4 Å². The minimum absolute atomic E-state index is 0.0404. The molecule has 0 unspecified atom stereocenters. The second-order valence-electron chi connectivity index (χ2n) is 5.34. The molecule has 0 radical (unpaired) electrons. The summed E-state index contributed by atoms with van der Waals surface area (Å²) in [5.41, 5.74) is 0.938. The summed E-state index contributed by atoms with van der Waals surface area (Å²) in [6.45, 7) is 1.04. The van der Waals surface area contributed by atoms with Crippen LogP contribution in [0.5, 0.6) is 17.2 Å². The van der Waals surface area contributed by atoms with Crippen LogP contribution in [0.1, 0.15) is 5.56 Å². The molecule has 3 rings (SSSR count). The maximum absolute atomic E-state index is 12.2. The summed E-state index contributed by atoms with van der Waals surface area (Å²) in [5, 5.41) is 3.14. The Morgan fingerprint density at radius 3 is 2.71 bits per heavy atom. The van der Waals surface area contributed by atoms with Gasteiger partial charge in [0.15, 0.2) is 21.3 Å². The first-order valence-electron chi connectivity index (χ1n) is 7.55. The van der Waals surface area contributed by atoms with E-state index < -0.39 is 9.84 Å². The van der Waals surface area contributed by atoms with Crippen LogP contribution >= 0.6 is 0 Å². The van der Waals surface area contributed by atoms with Crippen LogP contribution in [-0.2, 0) is 16.4 Å². The minimum atomic E-state index is -3.27. The fourth-order valence-corrected chi connectivity index (χ4v) is 3.69. The molecular formula is C17H19NO5S. The van der Waals surface area contributed by atoms with E-state index in [9.17, 15) is 8.42 Å². The first-order chi connectivity index (χ1) is 11.6. The zero-order chi connectivity index (χ0) is 17.0. The van der Waals surface area contributed by atoms with Gasteiger partial charge in [-0.25, -0.2) is 8.42 Å². The van der Waals surface area contributed by atoms with Crippen molar-refractivity contribution >= 4 is 9.84 Å². The molecule has 1 N–H and O–H groups in total. The van der Waals surface area contributed by atoms with E-state index in [4.69, 9.17) is 14.2 Å². The van der Waals surface area contributed by atoms with Crippen molar-refractivity contribution in [1.29, 1.82) is 0 Å². The number of rotatable bonds is 7. The van der Waals surface area contributed by atoms with E-state index >= 15 is 0 Å². The van der Waals surface area contributed by atoms with Crippen molar-refractivity contribution in [3.63, 3.8) is 0 Å². The van der Waals surface area contributed by atoms with Gasteiger partial charge in [0.1, 0.15) is 0 Å². The number of sulfone groups is 1. The molecule has 0 aromatic heterocycles. The fourth-order valence-electron chi connectivity index (χ4n) is 2.47. The van der Waals surface area contributed by atoms with Crippen LogP contribution in [0, 0.1) is 0 Å². The molecule has 0 fully saturated rings. The Hall–Kier alpha value is -2.25. The summed E-state index contributed by atoms with van der Waals surface area (Å²) in [6.07, 6.45) is 0. The second kappa shape index (κ2) is 7.11. The van der Waals surface area contributed by atoms with E-state index in [-0.39, 0.29) is 12.5 Å². The number of nitrogens with one attached hydrogen (secondary N) is 1. The fraction of sp³-hybridized carbons (Fsp3) is 0.294. The van der Waals surface area contributed by atoms with Crippen LogP contribution in [0.2, 0.25) is 0 Å². The Kier molecular flexibility index (Phi) is 4.92. The van der Waals surface area contributed by atoms with E-state index in [0.29, 0.717) is 35.2 Å². The average Bonchev–Trinajstić information content (AvgIpc) is 3.07. The van der Waals surface area contributed by atoms with Crippen molar-refractivity contribution in [2.24, 2.45) is 0 Å². The van der Waals surface area contributed by atoms with Gasteiger partial charge in [-0.05, 0) is 29.8 Å². The monoisotopic (exact) mass is 349 g/mol. The lowest BCUT2D eigenvalue weighted by Crippen LogP contribution is -2.22. The molecule has 0 amide bonds. The van der Waals surface area contributed by atoms with Crippen LogP contribution in [0.3, 0.4) is 0 Å². The first-order valence-corrected chi connectivity index (χ1v) is 9.20. The number of methoxy groups -OCH3 is 1. The van der Waals surface area contributed by atoms with E-state index in [1.807, 2.05) is 12.1 Å². The number of hydrogen-bond acceptors (Lipinski definition) is 6. The second-order valence-corrected chi connectivity index (χ2v) is 7.45. The average molecular weight is 349 g/mol. The molecule has 0 spiro atoms. The Morgan fingerprint density at radius 1 is 1.17 bits per heavy atom. The third-order valence-corrected chi connectivity index (χ3v) is 5.43. The molecule has 1 aliphatic rings. The summed E-state index contributed by atoms with van der Waals surface area (Å²) < 4.78 is 40.4. The zero-order valence-corrected chi connectivity index (χ0v) is 14.1. The van der Waals surface area contributed by atoms with Crippen LogP contribution in [0.4, 0.5) is 0 Å². The lowest BCUT2D eigenvalue weighted by atomic mass is 10.2. The van der Waals surface area contributed by atoms with Gasteiger partial charge in [0.25, 0.3) is 0 Å². The number of ether oxygens (including phenoxy) is 3. The number of fused-ring (bicyclic) bond motifs is 1. The van der Waals surface area contributed by atoms with Gasteiger partial charge in [0, 0.05) is 13.1 Å². The molecule has 0 saturated heterocycles. The molecule has 6 nitrogen and oxygen atoms in total. The molecular weight excluding hydrogens is 330 g/mol. The van der Waals surface area contributed by atoms with Gasteiger partial charge in [-0.15, -0.1) is 0 Å². The third kappa shape index (κ3) is 3.63. The summed E-state index contributed by atoms with van der Waals surface area (Å²) in [6, 6.07) is 12.2. The molecule has 2 aromatic carbocycles. The molecule has 0 saturated carbocycles. The summed E-state index contributed by atoms with van der Waals surface area (Å²) in [5.74, 6) is 1.90. The molecule has 2 aromatic rings. The largest absolute Gasteiger partial charge is 0.493 e. The van der Waals surface area contributed by atoms with Gasteiger partial charge in [-0.3, -0.25) is 0 Å².